The fourth-order valence-corrected chi connectivity index (χ4v) is 3.37. The molecule has 1 aromatic rings. The van der Waals surface area contributed by atoms with E-state index in [-0.39, 0.29) is 16.5 Å². The van der Waals surface area contributed by atoms with Crippen LogP contribution in [0.1, 0.15) is 25.8 Å². The number of nitrogens with two attached hydrogens (primary N) is 1. The van der Waals surface area contributed by atoms with Crippen LogP contribution in [-0.4, -0.2) is 32.9 Å². The van der Waals surface area contributed by atoms with Crippen molar-refractivity contribution < 1.29 is 8.42 Å². The van der Waals surface area contributed by atoms with Gasteiger partial charge in [0, 0.05) is 19.2 Å². The largest absolute Gasteiger partial charge is 0.320 e. The van der Waals surface area contributed by atoms with E-state index >= 15 is 0 Å². The van der Waals surface area contributed by atoms with Crippen LogP contribution in [-0.2, 0) is 10.0 Å². The fraction of sp³-hybridized carbons (Fsp3) is 0.467. The van der Waals surface area contributed by atoms with Gasteiger partial charge in [-0.1, -0.05) is 37.3 Å². The van der Waals surface area contributed by atoms with E-state index in [0.717, 1.165) is 6.42 Å². The summed E-state index contributed by atoms with van der Waals surface area (Å²) in [6, 6.07) is 4.68. The molecule has 1 rings (SSSR count). The van der Waals surface area contributed by atoms with Gasteiger partial charge in [-0.2, -0.15) is 0 Å². The second-order valence-electron chi connectivity index (χ2n) is 5.16. The topological polar surface area (TPSA) is 63.4 Å². The highest BCUT2D eigenvalue weighted by Crippen LogP contribution is 2.25. The molecule has 0 amide bonds. The third-order valence-electron chi connectivity index (χ3n) is 2.98. The quantitative estimate of drug-likeness (QED) is 0.844. The van der Waals surface area contributed by atoms with Crippen LogP contribution in [0.5, 0.6) is 0 Å². The molecule has 0 saturated heterocycles. The first kappa shape index (κ1) is 18.0. The third kappa shape index (κ3) is 5.01. The molecule has 0 atom stereocenters. The smallest absolute Gasteiger partial charge is 0.244 e. The Morgan fingerprint density at radius 2 is 2.05 bits per heavy atom. The summed E-state index contributed by atoms with van der Waals surface area (Å²) in [4.78, 5) is 0.105. The molecule has 0 aliphatic heterocycles. The molecule has 0 aliphatic carbocycles. The summed E-state index contributed by atoms with van der Waals surface area (Å²) in [5.74, 6) is 5.97. The minimum Gasteiger partial charge on any atom is -0.320 e. The molecule has 21 heavy (non-hydrogen) atoms. The molecule has 0 spiro atoms. The maximum Gasteiger partial charge on any atom is 0.244 e. The van der Waals surface area contributed by atoms with Crippen molar-refractivity contribution in [2.24, 2.45) is 11.7 Å². The number of halogens is 1. The number of hydrogen-bond donors (Lipinski definition) is 1. The van der Waals surface area contributed by atoms with Gasteiger partial charge in [0.2, 0.25) is 10.0 Å². The molecule has 1 aromatic carbocycles. The van der Waals surface area contributed by atoms with E-state index in [4.69, 9.17) is 17.3 Å². The highest BCUT2D eigenvalue weighted by molar-refractivity contribution is 7.89. The van der Waals surface area contributed by atoms with E-state index in [1.807, 2.05) is 0 Å². The van der Waals surface area contributed by atoms with Crippen molar-refractivity contribution in [2.75, 3.05) is 20.1 Å². The van der Waals surface area contributed by atoms with Crippen LogP contribution in [0.25, 0.3) is 0 Å². The van der Waals surface area contributed by atoms with E-state index in [9.17, 15) is 8.42 Å². The predicted molar refractivity (Wildman–Crippen MR) is 86.7 cm³/mol. The van der Waals surface area contributed by atoms with Crippen LogP contribution in [0.3, 0.4) is 0 Å². The van der Waals surface area contributed by atoms with Crippen LogP contribution in [0.4, 0.5) is 0 Å². The van der Waals surface area contributed by atoms with Crippen LogP contribution < -0.4 is 5.73 Å². The van der Waals surface area contributed by atoms with Crippen LogP contribution in [0.15, 0.2) is 23.1 Å². The summed E-state index contributed by atoms with van der Waals surface area (Å²) >= 11 is 6.09. The lowest BCUT2D eigenvalue weighted by molar-refractivity contribution is 0.428. The lowest BCUT2D eigenvalue weighted by Gasteiger charge is -2.19. The van der Waals surface area contributed by atoms with E-state index in [0.29, 0.717) is 18.0 Å². The average molecular weight is 329 g/mol. The summed E-state index contributed by atoms with van der Waals surface area (Å²) in [6.07, 6.45) is 0.799. The summed E-state index contributed by atoms with van der Waals surface area (Å²) in [6.45, 7) is 4.82. The maximum absolute atomic E-state index is 12.5. The van der Waals surface area contributed by atoms with Crippen LogP contribution in [0, 0.1) is 17.8 Å². The highest BCUT2D eigenvalue weighted by atomic mass is 35.5. The zero-order valence-electron chi connectivity index (χ0n) is 12.6. The van der Waals surface area contributed by atoms with Gasteiger partial charge in [-0.25, -0.2) is 12.7 Å². The van der Waals surface area contributed by atoms with Crippen molar-refractivity contribution in [3.05, 3.63) is 28.8 Å². The van der Waals surface area contributed by atoms with Crippen molar-refractivity contribution in [1.29, 1.82) is 0 Å². The van der Waals surface area contributed by atoms with E-state index < -0.39 is 10.0 Å². The molecule has 0 radical (unpaired) electrons. The van der Waals surface area contributed by atoms with Crippen molar-refractivity contribution in [2.45, 2.75) is 25.2 Å². The van der Waals surface area contributed by atoms with Gasteiger partial charge >= 0.3 is 0 Å². The number of benzene rings is 1. The zero-order valence-corrected chi connectivity index (χ0v) is 14.1. The first-order valence-corrected chi connectivity index (χ1v) is 8.55. The Morgan fingerprint density at radius 1 is 1.38 bits per heavy atom. The molecule has 0 aromatic heterocycles. The summed E-state index contributed by atoms with van der Waals surface area (Å²) < 4.78 is 26.3. The van der Waals surface area contributed by atoms with Crippen molar-refractivity contribution >= 4 is 21.6 Å². The Kier molecular flexibility index (Phi) is 6.69. The molecule has 0 heterocycles. The maximum atomic E-state index is 12.5. The van der Waals surface area contributed by atoms with E-state index in [1.54, 1.807) is 19.2 Å². The van der Waals surface area contributed by atoms with Crippen molar-refractivity contribution in [1.82, 2.24) is 4.31 Å². The molecule has 2 N–H and O–H groups in total. The number of nitrogens with zero attached hydrogens (tertiary/aromatic N) is 1. The minimum atomic E-state index is -3.57. The molecule has 0 saturated carbocycles. The van der Waals surface area contributed by atoms with Crippen molar-refractivity contribution in [3.63, 3.8) is 0 Å². The summed E-state index contributed by atoms with van der Waals surface area (Å²) in [5.41, 5.74) is 5.95. The Balaban J connectivity index is 3.03. The van der Waals surface area contributed by atoms with E-state index in [1.165, 1.54) is 10.4 Å². The minimum absolute atomic E-state index is 0.105. The molecule has 0 fully saturated rings. The molecule has 116 valence electrons. The first-order valence-electron chi connectivity index (χ1n) is 6.74. The Morgan fingerprint density at radius 3 is 2.57 bits per heavy atom. The molecule has 6 heteroatoms. The molecular formula is C15H21ClN2O2S. The second-order valence-corrected chi connectivity index (χ2v) is 7.58. The van der Waals surface area contributed by atoms with Crippen LogP contribution in [0.2, 0.25) is 5.02 Å². The van der Waals surface area contributed by atoms with Gasteiger partial charge in [-0.15, -0.1) is 0 Å². The summed E-state index contributed by atoms with van der Waals surface area (Å²) in [5, 5.41) is 0.176. The predicted octanol–water partition coefficient (Wildman–Crippen LogP) is 2.32. The lowest BCUT2D eigenvalue weighted by atomic mass is 10.1. The lowest BCUT2D eigenvalue weighted by Crippen LogP contribution is -2.28. The highest BCUT2D eigenvalue weighted by Gasteiger charge is 2.23. The van der Waals surface area contributed by atoms with Gasteiger partial charge in [-0.3, -0.25) is 0 Å². The first-order chi connectivity index (χ1) is 9.78. The molecule has 0 bridgehead atoms. The Labute approximate surface area is 132 Å². The normalized spacial score (nSPS) is 11.6. The average Bonchev–Trinajstić information content (AvgIpc) is 2.42. The second kappa shape index (κ2) is 7.81. The van der Waals surface area contributed by atoms with Gasteiger partial charge in [0.1, 0.15) is 4.90 Å². The van der Waals surface area contributed by atoms with Gasteiger partial charge in [0.05, 0.1) is 11.6 Å². The zero-order chi connectivity index (χ0) is 16.0. The standard InChI is InChI=1S/C15H21ClN2O2S/c1-12(2)8-10-18(3)21(19,20)15-7-6-13(5-4-9-17)11-14(15)16/h6-7,11-12H,8-10,17H2,1-3H3. The van der Waals surface area contributed by atoms with Gasteiger partial charge in [0.25, 0.3) is 0 Å². The van der Waals surface area contributed by atoms with Gasteiger partial charge < -0.3 is 5.73 Å². The van der Waals surface area contributed by atoms with Gasteiger partial charge in [0.15, 0.2) is 0 Å². The molecule has 0 unspecified atom stereocenters. The molecule has 4 nitrogen and oxygen atoms in total. The molecule has 0 aliphatic rings. The fourth-order valence-electron chi connectivity index (χ4n) is 1.67. The number of sulfonamides is 1. The summed E-state index contributed by atoms with van der Waals surface area (Å²) in [7, 11) is -2.01. The molecular weight excluding hydrogens is 308 g/mol. The van der Waals surface area contributed by atoms with Crippen LogP contribution >= 0.6 is 11.6 Å². The SMILES string of the molecule is CC(C)CCN(C)S(=O)(=O)c1ccc(C#CCN)cc1Cl. The Hall–Kier alpha value is -1.06. The Bertz CT molecular complexity index is 645. The monoisotopic (exact) mass is 328 g/mol. The number of hydrogen-bond acceptors (Lipinski definition) is 3. The third-order valence-corrected chi connectivity index (χ3v) is 5.32. The van der Waals surface area contributed by atoms with Crippen molar-refractivity contribution in [3.8, 4) is 11.8 Å². The van der Waals surface area contributed by atoms with Gasteiger partial charge in [-0.05, 0) is 30.5 Å². The van der Waals surface area contributed by atoms with E-state index in [2.05, 4.69) is 25.7 Å². The number of rotatable bonds is 5.